The van der Waals surface area contributed by atoms with Crippen molar-refractivity contribution in [3.8, 4) is 5.69 Å². The molecule has 0 aliphatic rings. The fourth-order valence-corrected chi connectivity index (χ4v) is 1.84. The monoisotopic (exact) mass is 247 g/mol. The summed E-state index contributed by atoms with van der Waals surface area (Å²) >= 11 is 0. The molecule has 0 fully saturated rings. The number of rotatable bonds is 6. The van der Waals surface area contributed by atoms with E-state index in [-0.39, 0.29) is 5.82 Å². The van der Waals surface area contributed by atoms with Crippen molar-refractivity contribution in [2.24, 2.45) is 0 Å². The topological polar surface area (TPSA) is 29.9 Å². The summed E-state index contributed by atoms with van der Waals surface area (Å²) in [4.78, 5) is 0. The van der Waals surface area contributed by atoms with E-state index in [4.69, 9.17) is 0 Å². The largest absolute Gasteiger partial charge is 0.317 e. The highest BCUT2D eigenvalue weighted by Gasteiger charge is 2.01. The van der Waals surface area contributed by atoms with Crippen LogP contribution in [0.25, 0.3) is 5.69 Å². The molecule has 0 amide bonds. The van der Waals surface area contributed by atoms with Crippen molar-refractivity contribution < 1.29 is 4.39 Å². The van der Waals surface area contributed by atoms with Crippen LogP contribution in [-0.2, 0) is 6.42 Å². The summed E-state index contributed by atoms with van der Waals surface area (Å²) in [6.07, 6.45) is 5.88. The average molecular weight is 247 g/mol. The van der Waals surface area contributed by atoms with E-state index in [0.717, 1.165) is 31.6 Å². The number of benzene rings is 1. The van der Waals surface area contributed by atoms with Crippen LogP contribution in [0.15, 0.2) is 36.7 Å². The number of nitrogens with zero attached hydrogens (tertiary/aromatic N) is 2. The van der Waals surface area contributed by atoms with E-state index in [9.17, 15) is 4.39 Å². The lowest BCUT2D eigenvalue weighted by Crippen LogP contribution is -2.14. The summed E-state index contributed by atoms with van der Waals surface area (Å²) < 4.78 is 14.8. The minimum Gasteiger partial charge on any atom is -0.317 e. The van der Waals surface area contributed by atoms with Crippen molar-refractivity contribution in [3.05, 3.63) is 48.0 Å². The van der Waals surface area contributed by atoms with E-state index in [1.54, 1.807) is 10.7 Å². The lowest BCUT2D eigenvalue weighted by atomic mass is 10.2. The maximum atomic E-state index is 13.1. The number of halogens is 1. The van der Waals surface area contributed by atoms with Crippen molar-refractivity contribution in [2.75, 3.05) is 13.1 Å². The summed E-state index contributed by atoms with van der Waals surface area (Å²) in [5.74, 6) is -0.239. The summed E-state index contributed by atoms with van der Waals surface area (Å²) in [5, 5.41) is 7.54. The smallest absolute Gasteiger partial charge is 0.125 e. The van der Waals surface area contributed by atoms with Crippen LogP contribution in [0.3, 0.4) is 0 Å². The molecule has 0 aliphatic heterocycles. The van der Waals surface area contributed by atoms with Gasteiger partial charge in [0.25, 0.3) is 0 Å². The molecule has 1 aromatic heterocycles. The van der Waals surface area contributed by atoms with Crippen LogP contribution in [-0.4, -0.2) is 22.9 Å². The lowest BCUT2D eigenvalue weighted by Gasteiger charge is -2.01. The SMILES string of the molecule is CCNCCCc1cnn(-c2cccc(F)c2)c1. The Balaban J connectivity index is 1.97. The molecule has 0 saturated heterocycles. The second-order valence-electron chi connectivity index (χ2n) is 4.23. The van der Waals surface area contributed by atoms with Gasteiger partial charge in [0.15, 0.2) is 0 Å². The Hall–Kier alpha value is -1.68. The van der Waals surface area contributed by atoms with Gasteiger partial charge in [-0.1, -0.05) is 13.0 Å². The second-order valence-corrected chi connectivity index (χ2v) is 4.23. The minimum atomic E-state index is -0.239. The Labute approximate surface area is 107 Å². The molecule has 2 aromatic rings. The molecule has 0 saturated carbocycles. The molecule has 96 valence electrons. The van der Waals surface area contributed by atoms with Crippen molar-refractivity contribution >= 4 is 0 Å². The van der Waals surface area contributed by atoms with E-state index in [1.165, 1.54) is 17.7 Å². The fraction of sp³-hybridized carbons (Fsp3) is 0.357. The third kappa shape index (κ3) is 3.40. The van der Waals surface area contributed by atoms with Crippen LogP contribution in [0.5, 0.6) is 0 Å². The Bertz CT molecular complexity index is 493. The van der Waals surface area contributed by atoms with Gasteiger partial charge in [-0.3, -0.25) is 0 Å². The molecule has 0 bridgehead atoms. The summed E-state index contributed by atoms with van der Waals surface area (Å²) in [5.41, 5.74) is 1.94. The van der Waals surface area contributed by atoms with Gasteiger partial charge in [-0.05, 0) is 49.7 Å². The van der Waals surface area contributed by atoms with Gasteiger partial charge in [0.2, 0.25) is 0 Å². The maximum absolute atomic E-state index is 13.1. The zero-order valence-electron chi connectivity index (χ0n) is 10.6. The summed E-state index contributed by atoms with van der Waals surface area (Å²) in [6.45, 7) is 4.12. The average Bonchev–Trinajstić information content (AvgIpc) is 2.83. The second kappa shape index (κ2) is 6.31. The molecule has 18 heavy (non-hydrogen) atoms. The van der Waals surface area contributed by atoms with Crippen LogP contribution in [0.2, 0.25) is 0 Å². The summed E-state index contributed by atoms with van der Waals surface area (Å²) in [7, 11) is 0. The predicted octanol–water partition coefficient (Wildman–Crippen LogP) is 2.55. The van der Waals surface area contributed by atoms with Gasteiger partial charge in [-0.2, -0.15) is 5.10 Å². The predicted molar refractivity (Wildman–Crippen MR) is 70.4 cm³/mol. The molecule has 1 heterocycles. The van der Waals surface area contributed by atoms with Gasteiger partial charge in [0.1, 0.15) is 5.82 Å². The highest BCUT2D eigenvalue weighted by molar-refractivity contribution is 5.31. The van der Waals surface area contributed by atoms with Crippen LogP contribution >= 0.6 is 0 Å². The first-order chi connectivity index (χ1) is 8.79. The molecule has 2 rings (SSSR count). The van der Waals surface area contributed by atoms with E-state index in [2.05, 4.69) is 17.3 Å². The minimum absolute atomic E-state index is 0.239. The number of aryl methyl sites for hydroxylation is 1. The standard InChI is InChI=1S/C14H18FN3/c1-2-16-8-4-5-12-10-17-18(11-12)14-7-3-6-13(15)9-14/h3,6-7,9-11,16H,2,4-5,8H2,1H3. The highest BCUT2D eigenvalue weighted by atomic mass is 19.1. The third-order valence-electron chi connectivity index (χ3n) is 2.78. The van der Waals surface area contributed by atoms with Gasteiger partial charge in [0, 0.05) is 6.20 Å². The zero-order valence-corrected chi connectivity index (χ0v) is 10.6. The number of hydrogen-bond acceptors (Lipinski definition) is 2. The Morgan fingerprint density at radius 3 is 3.06 bits per heavy atom. The molecule has 1 N–H and O–H groups in total. The van der Waals surface area contributed by atoms with Crippen LogP contribution < -0.4 is 5.32 Å². The third-order valence-corrected chi connectivity index (χ3v) is 2.78. The van der Waals surface area contributed by atoms with Crippen LogP contribution in [0, 0.1) is 5.82 Å². The Kier molecular flexibility index (Phi) is 4.47. The normalized spacial score (nSPS) is 10.8. The van der Waals surface area contributed by atoms with E-state index in [0.29, 0.717) is 0 Å². The van der Waals surface area contributed by atoms with E-state index < -0.39 is 0 Å². The first kappa shape index (κ1) is 12.8. The summed E-state index contributed by atoms with van der Waals surface area (Å²) in [6, 6.07) is 6.45. The number of aromatic nitrogens is 2. The van der Waals surface area contributed by atoms with E-state index >= 15 is 0 Å². The number of nitrogens with one attached hydrogen (secondary N) is 1. The van der Waals surface area contributed by atoms with Gasteiger partial charge in [0.05, 0.1) is 11.9 Å². The van der Waals surface area contributed by atoms with Gasteiger partial charge < -0.3 is 5.32 Å². The molecule has 1 aromatic carbocycles. The van der Waals surface area contributed by atoms with Gasteiger partial charge >= 0.3 is 0 Å². The maximum Gasteiger partial charge on any atom is 0.125 e. The van der Waals surface area contributed by atoms with E-state index in [1.807, 2.05) is 18.5 Å². The lowest BCUT2D eigenvalue weighted by molar-refractivity contribution is 0.625. The molecule has 0 spiro atoms. The van der Waals surface area contributed by atoms with Crippen LogP contribution in [0.1, 0.15) is 18.9 Å². The molecule has 0 unspecified atom stereocenters. The molecule has 4 heteroatoms. The number of hydrogen-bond donors (Lipinski definition) is 1. The Morgan fingerprint density at radius 2 is 2.28 bits per heavy atom. The van der Waals surface area contributed by atoms with Crippen LogP contribution in [0.4, 0.5) is 4.39 Å². The zero-order chi connectivity index (χ0) is 12.8. The first-order valence-corrected chi connectivity index (χ1v) is 6.30. The molecular formula is C14H18FN3. The van der Waals surface area contributed by atoms with Crippen molar-refractivity contribution in [3.63, 3.8) is 0 Å². The van der Waals surface area contributed by atoms with Crippen molar-refractivity contribution in [1.29, 1.82) is 0 Å². The quantitative estimate of drug-likeness (QED) is 0.795. The highest BCUT2D eigenvalue weighted by Crippen LogP contribution is 2.10. The fourth-order valence-electron chi connectivity index (χ4n) is 1.84. The van der Waals surface area contributed by atoms with Crippen molar-refractivity contribution in [2.45, 2.75) is 19.8 Å². The van der Waals surface area contributed by atoms with Gasteiger partial charge in [-0.25, -0.2) is 9.07 Å². The molecule has 0 aliphatic carbocycles. The molecule has 0 atom stereocenters. The molecule has 0 radical (unpaired) electrons. The molecule has 3 nitrogen and oxygen atoms in total. The van der Waals surface area contributed by atoms with Crippen molar-refractivity contribution in [1.82, 2.24) is 15.1 Å². The molecular weight excluding hydrogens is 229 g/mol. The van der Waals surface area contributed by atoms with Gasteiger partial charge in [-0.15, -0.1) is 0 Å². The first-order valence-electron chi connectivity index (χ1n) is 6.30. The Morgan fingerprint density at radius 1 is 1.39 bits per heavy atom.